The molecule has 1 saturated heterocycles. The molecular formula is C15H15N3O3. The summed E-state index contributed by atoms with van der Waals surface area (Å²) in [6.45, 7) is 1.26. The number of nitrogens with one attached hydrogen (secondary N) is 1. The van der Waals surface area contributed by atoms with Crippen molar-refractivity contribution in [3.63, 3.8) is 0 Å². The first-order valence-electron chi connectivity index (χ1n) is 6.73. The number of ether oxygens (including phenoxy) is 2. The summed E-state index contributed by atoms with van der Waals surface area (Å²) in [4.78, 5) is 20.2. The van der Waals surface area contributed by atoms with Crippen molar-refractivity contribution < 1.29 is 14.3 Å². The lowest BCUT2D eigenvalue weighted by atomic mass is 10.2. The van der Waals surface area contributed by atoms with Crippen molar-refractivity contribution in [3.05, 3.63) is 48.4 Å². The van der Waals surface area contributed by atoms with Crippen molar-refractivity contribution in [2.24, 2.45) is 0 Å². The van der Waals surface area contributed by atoms with E-state index in [4.69, 9.17) is 9.47 Å². The molecule has 21 heavy (non-hydrogen) atoms. The number of carbonyl (C=O) groups excluding carboxylic acids is 1. The van der Waals surface area contributed by atoms with E-state index in [1.54, 1.807) is 42.9 Å². The molecule has 1 amide bonds. The summed E-state index contributed by atoms with van der Waals surface area (Å²) in [5.41, 5.74) is 1.13. The minimum Gasteiger partial charge on any atom is -0.472 e. The van der Waals surface area contributed by atoms with Crippen LogP contribution in [-0.4, -0.2) is 35.2 Å². The molecule has 0 aromatic carbocycles. The van der Waals surface area contributed by atoms with E-state index in [-0.39, 0.29) is 12.0 Å². The number of nitrogens with zero attached hydrogens (tertiary/aromatic N) is 2. The molecule has 1 aliphatic rings. The molecule has 0 bridgehead atoms. The van der Waals surface area contributed by atoms with Crippen LogP contribution < -0.4 is 10.1 Å². The summed E-state index contributed by atoms with van der Waals surface area (Å²) in [6.07, 6.45) is 5.65. The standard InChI is InChI=1S/C15H15N3O3/c19-15(18-12-2-1-5-16-9-12)11-3-6-17-14(8-11)21-13-4-7-20-10-13/h1-3,5-6,8-9,13H,4,7,10H2,(H,18,19)/t13-/m1/s1. The third-order valence-corrected chi connectivity index (χ3v) is 3.09. The second kappa shape index (κ2) is 6.32. The smallest absolute Gasteiger partial charge is 0.255 e. The van der Waals surface area contributed by atoms with Crippen LogP contribution in [-0.2, 0) is 4.74 Å². The molecule has 1 fully saturated rings. The van der Waals surface area contributed by atoms with Crippen LogP contribution in [0.1, 0.15) is 16.8 Å². The zero-order valence-corrected chi connectivity index (χ0v) is 11.4. The van der Waals surface area contributed by atoms with E-state index >= 15 is 0 Å². The van der Waals surface area contributed by atoms with Gasteiger partial charge in [-0.25, -0.2) is 4.98 Å². The lowest BCUT2D eigenvalue weighted by molar-refractivity contribution is 0.102. The molecule has 6 nitrogen and oxygen atoms in total. The highest BCUT2D eigenvalue weighted by Gasteiger charge is 2.18. The summed E-state index contributed by atoms with van der Waals surface area (Å²) < 4.78 is 10.9. The monoisotopic (exact) mass is 285 g/mol. The molecule has 1 atom stereocenters. The molecule has 2 aromatic rings. The van der Waals surface area contributed by atoms with Gasteiger partial charge in [0.25, 0.3) is 5.91 Å². The second-order valence-electron chi connectivity index (χ2n) is 4.68. The van der Waals surface area contributed by atoms with Crippen molar-refractivity contribution in [2.45, 2.75) is 12.5 Å². The second-order valence-corrected chi connectivity index (χ2v) is 4.68. The molecule has 0 radical (unpaired) electrons. The highest BCUT2D eigenvalue weighted by molar-refractivity contribution is 6.04. The molecule has 2 aromatic heterocycles. The molecule has 3 heterocycles. The first-order chi connectivity index (χ1) is 10.3. The van der Waals surface area contributed by atoms with Crippen LogP contribution >= 0.6 is 0 Å². The van der Waals surface area contributed by atoms with Gasteiger partial charge in [-0.05, 0) is 18.2 Å². The van der Waals surface area contributed by atoms with E-state index < -0.39 is 0 Å². The summed E-state index contributed by atoms with van der Waals surface area (Å²) in [5, 5.41) is 2.77. The van der Waals surface area contributed by atoms with Crippen molar-refractivity contribution in [2.75, 3.05) is 18.5 Å². The molecular weight excluding hydrogens is 270 g/mol. The van der Waals surface area contributed by atoms with E-state index in [1.807, 2.05) is 0 Å². The Hall–Kier alpha value is -2.47. The predicted molar refractivity (Wildman–Crippen MR) is 76.3 cm³/mol. The highest BCUT2D eigenvalue weighted by atomic mass is 16.5. The molecule has 1 aliphatic heterocycles. The lowest BCUT2D eigenvalue weighted by Gasteiger charge is -2.11. The maximum atomic E-state index is 12.2. The van der Waals surface area contributed by atoms with Gasteiger partial charge in [0.15, 0.2) is 0 Å². The third kappa shape index (κ3) is 3.55. The van der Waals surface area contributed by atoms with Crippen LogP contribution in [0.25, 0.3) is 0 Å². The highest BCUT2D eigenvalue weighted by Crippen LogP contribution is 2.16. The molecule has 0 saturated carbocycles. The lowest BCUT2D eigenvalue weighted by Crippen LogP contribution is -2.17. The fourth-order valence-corrected chi connectivity index (χ4v) is 2.03. The largest absolute Gasteiger partial charge is 0.472 e. The average Bonchev–Trinajstić information content (AvgIpc) is 3.01. The van der Waals surface area contributed by atoms with E-state index in [1.165, 1.54) is 0 Å². The minimum absolute atomic E-state index is 0.00846. The van der Waals surface area contributed by atoms with Crippen LogP contribution in [0.15, 0.2) is 42.9 Å². The van der Waals surface area contributed by atoms with Gasteiger partial charge in [-0.15, -0.1) is 0 Å². The summed E-state index contributed by atoms with van der Waals surface area (Å²) in [6, 6.07) is 6.81. The van der Waals surface area contributed by atoms with Gasteiger partial charge in [-0.2, -0.15) is 0 Å². The Morgan fingerprint density at radius 2 is 2.33 bits per heavy atom. The number of amides is 1. The molecule has 0 spiro atoms. The van der Waals surface area contributed by atoms with Crippen LogP contribution in [0.2, 0.25) is 0 Å². The van der Waals surface area contributed by atoms with Gasteiger partial charge in [0.05, 0.1) is 25.1 Å². The van der Waals surface area contributed by atoms with Crippen molar-refractivity contribution in [3.8, 4) is 5.88 Å². The van der Waals surface area contributed by atoms with Crippen molar-refractivity contribution in [1.82, 2.24) is 9.97 Å². The Bertz CT molecular complexity index is 613. The fourth-order valence-electron chi connectivity index (χ4n) is 2.03. The van der Waals surface area contributed by atoms with Gasteiger partial charge >= 0.3 is 0 Å². The van der Waals surface area contributed by atoms with Crippen molar-refractivity contribution >= 4 is 11.6 Å². The van der Waals surface area contributed by atoms with Crippen LogP contribution in [0, 0.1) is 0 Å². The number of hydrogen-bond donors (Lipinski definition) is 1. The van der Waals surface area contributed by atoms with Gasteiger partial charge in [0.1, 0.15) is 6.10 Å². The molecule has 0 aliphatic carbocycles. The molecule has 0 unspecified atom stereocenters. The first kappa shape index (κ1) is 13.5. The Morgan fingerprint density at radius 1 is 1.38 bits per heavy atom. The molecule has 6 heteroatoms. The zero-order valence-electron chi connectivity index (χ0n) is 11.4. The normalized spacial score (nSPS) is 17.4. The SMILES string of the molecule is O=C(Nc1cccnc1)c1ccnc(O[C@@H]2CCOC2)c1. The number of anilines is 1. The minimum atomic E-state index is -0.224. The van der Waals surface area contributed by atoms with E-state index in [0.29, 0.717) is 30.3 Å². The first-order valence-corrected chi connectivity index (χ1v) is 6.73. The average molecular weight is 285 g/mol. The van der Waals surface area contributed by atoms with Gasteiger partial charge in [-0.1, -0.05) is 0 Å². The van der Waals surface area contributed by atoms with E-state index in [9.17, 15) is 4.79 Å². The number of rotatable bonds is 4. The predicted octanol–water partition coefficient (Wildman–Crippen LogP) is 1.90. The van der Waals surface area contributed by atoms with Crippen molar-refractivity contribution in [1.29, 1.82) is 0 Å². The number of pyridine rings is 2. The number of hydrogen-bond acceptors (Lipinski definition) is 5. The summed E-state index contributed by atoms with van der Waals surface area (Å²) in [5.74, 6) is 0.210. The number of aromatic nitrogens is 2. The zero-order chi connectivity index (χ0) is 14.5. The molecule has 108 valence electrons. The van der Waals surface area contributed by atoms with E-state index in [0.717, 1.165) is 6.42 Å². The summed E-state index contributed by atoms with van der Waals surface area (Å²) in [7, 11) is 0. The molecule has 1 N–H and O–H groups in total. The maximum Gasteiger partial charge on any atom is 0.255 e. The topological polar surface area (TPSA) is 73.3 Å². The van der Waals surface area contributed by atoms with Gasteiger partial charge in [-0.3, -0.25) is 9.78 Å². The third-order valence-electron chi connectivity index (χ3n) is 3.09. The summed E-state index contributed by atoms with van der Waals surface area (Å²) >= 11 is 0. The molecule has 3 rings (SSSR count). The van der Waals surface area contributed by atoms with Gasteiger partial charge in [0.2, 0.25) is 5.88 Å². The van der Waals surface area contributed by atoms with Gasteiger partial charge < -0.3 is 14.8 Å². The Balaban J connectivity index is 1.68. The van der Waals surface area contributed by atoms with E-state index in [2.05, 4.69) is 15.3 Å². The van der Waals surface area contributed by atoms with Gasteiger partial charge in [0, 0.05) is 30.4 Å². The Kier molecular flexibility index (Phi) is 4.07. The number of carbonyl (C=O) groups is 1. The fraction of sp³-hybridized carbons (Fsp3) is 0.267. The van der Waals surface area contributed by atoms with Crippen LogP contribution in [0.4, 0.5) is 5.69 Å². The quantitative estimate of drug-likeness (QED) is 0.928. The maximum absolute atomic E-state index is 12.2. The Morgan fingerprint density at radius 3 is 3.10 bits per heavy atom. The van der Waals surface area contributed by atoms with Crippen LogP contribution in [0.3, 0.4) is 0 Å². The Labute approximate surface area is 122 Å². The van der Waals surface area contributed by atoms with Crippen LogP contribution in [0.5, 0.6) is 5.88 Å².